The molecule has 0 aliphatic heterocycles. The highest BCUT2D eigenvalue weighted by Crippen LogP contribution is 2.23. The van der Waals surface area contributed by atoms with Crippen LogP contribution >= 0.6 is 0 Å². The summed E-state index contributed by atoms with van der Waals surface area (Å²) < 4.78 is 5.83. The number of hydrogen-bond donors (Lipinski definition) is 1. The Hall–Kier alpha value is -1.53. The molecule has 3 heteroatoms. The van der Waals surface area contributed by atoms with Crippen LogP contribution in [-0.4, -0.2) is 17.6 Å². The highest BCUT2D eigenvalue weighted by molar-refractivity contribution is 5.36. The van der Waals surface area contributed by atoms with Gasteiger partial charge in [0.2, 0.25) is 0 Å². The number of nitrogens with two attached hydrogens (primary N) is 1. The van der Waals surface area contributed by atoms with E-state index in [4.69, 9.17) is 10.5 Å². The fraction of sp³-hybridized carbons (Fsp3) is 0.462. The first kappa shape index (κ1) is 11.0. The van der Waals surface area contributed by atoms with Crippen LogP contribution < -0.4 is 10.5 Å². The zero-order chi connectivity index (χ0) is 11.2. The van der Waals surface area contributed by atoms with Gasteiger partial charge in [0, 0.05) is 11.8 Å². The fourth-order valence-corrected chi connectivity index (χ4v) is 1.90. The number of nitrogens with zero attached hydrogens (tertiary/aromatic N) is 1. The molecule has 1 aromatic rings. The molecular formula is C13H16N2O. The molecule has 84 valence electrons. The molecule has 1 fully saturated rings. The van der Waals surface area contributed by atoms with Gasteiger partial charge in [-0.15, -0.1) is 0 Å². The number of ether oxygens (including phenoxy) is 1. The molecule has 0 bridgehead atoms. The second kappa shape index (κ2) is 5.53. The lowest BCUT2D eigenvalue weighted by Gasteiger charge is -2.12. The maximum atomic E-state index is 5.83. The molecule has 1 saturated carbocycles. The fourth-order valence-electron chi connectivity index (χ4n) is 1.90. The van der Waals surface area contributed by atoms with Crippen LogP contribution in [0.4, 0.5) is 0 Å². The molecule has 3 nitrogen and oxygen atoms in total. The maximum Gasteiger partial charge on any atom is 0.139 e. The van der Waals surface area contributed by atoms with Crippen molar-refractivity contribution >= 4 is 0 Å². The second-order valence-electron chi connectivity index (χ2n) is 3.94. The number of aromatic nitrogens is 1. The van der Waals surface area contributed by atoms with Gasteiger partial charge in [-0.25, -0.2) is 0 Å². The van der Waals surface area contributed by atoms with E-state index in [2.05, 4.69) is 16.8 Å². The third-order valence-electron chi connectivity index (χ3n) is 2.65. The van der Waals surface area contributed by atoms with Crippen LogP contribution in [0.15, 0.2) is 18.5 Å². The van der Waals surface area contributed by atoms with E-state index in [-0.39, 0.29) is 0 Å². The zero-order valence-electron chi connectivity index (χ0n) is 9.28. The Labute approximate surface area is 96.0 Å². The summed E-state index contributed by atoms with van der Waals surface area (Å²) in [5.41, 5.74) is 6.18. The molecule has 0 spiro atoms. The predicted octanol–water partition coefficient (Wildman–Crippen LogP) is 1.71. The van der Waals surface area contributed by atoms with E-state index in [1.54, 1.807) is 12.4 Å². The van der Waals surface area contributed by atoms with Gasteiger partial charge in [-0.05, 0) is 31.7 Å². The van der Waals surface area contributed by atoms with Crippen molar-refractivity contribution in [2.75, 3.05) is 6.54 Å². The van der Waals surface area contributed by atoms with Gasteiger partial charge in [0.05, 0.1) is 18.8 Å². The Morgan fingerprint density at radius 1 is 1.38 bits per heavy atom. The van der Waals surface area contributed by atoms with E-state index >= 15 is 0 Å². The van der Waals surface area contributed by atoms with E-state index < -0.39 is 0 Å². The lowest BCUT2D eigenvalue weighted by Crippen LogP contribution is -2.10. The van der Waals surface area contributed by atoms with Crippen molar-refractivity contribution in [2.45, 2.75) is 31.8 Å². The standard InChI is InChI=1S/C13H16N2O/c14-7-3-4-11-8-13(10-15-9-11)16-12-5-1-2-6-12/h8-10,12H,1-2,5-7,14H2. The number of hydrogen-bond acceptors (Lipinski definition) is 3. The summed E-state index contributed by atoms with van der Waals surface area (Å²) in [7, 11) is 0. The molecule has 0 unspecified atom stereocenters. The van der Waals surface area contributed by atoms with Crippen molar-refractivity contribution < 1.29 is 4.74 Å². The number of pyridine rings is 1. The first-order chi connectivity index (χ1) is 7.88. The molecule has 1 heterocycles. The summed E-state index contributed by atoms with van der Waals surface area (Å²) in [6.07, 6.45) is 8.67. The first-order valence-electron chi connectivity index (χ1n) is 5.69. The van der Waals surface area contributed by atoms with Gasteiger partial charge in [0.1, 0.15) is 5.75 Å². The predicted molar refractivity (Wildman–Crippen MR) is 63.1 cm³/mol. The lowest BCUT2D eigenvalue weighted by molar-refractivity contribution is 0.209. The SMILES string of the molecule is NCC#Cc1cncc(OC2CCCC2)c1. The third-order valence-corrected chi connectivity index (χ3v) is 2.65. The minimum absolute atomic E-state index is 0.361. The molecule has 0 atom stereocenters. The topological polar surface area (TPSA) is 48.1 Å². The Kier molecular flexibility index (Phi) is 3.79. The van der Waals surface area contributed by atoms with Crippen LogP contribution in [0.25, 0.3) is 0 Å². The van der Waals surface area contributed by atoms with Gasteiger partial charge in [0.15, 0.2) is 0 Å². The maximum absolute atomic E-state index is 5.83. The summed E-state index contributed by atoms with van der Waals surface area (Å²) in [6.45, 7) is 0.369. The summed E-state index contributed by atoms with van der Waals surface area (Å²) in [6, 6.07) is 1.92. The van der Waals surface area contributed by atoms with Crippen molar-refractivity contribution in [1.82, 2.24) is 4.98 Å². The molecule has 16 heavy (non-hydrogen) atoms. The van der Waals surface area contributed by atoms with Gasteiger partial charge in [0.25, 0.3) is 0 Å². The quantitative estimate of drug-likeness (QED) is 0.766. The highest BCUT2D eigenvalue weighted by Gasteiger charge is 2.16. The first-order valence-corrected chi connectivity index (χ1v) is 5.69. The molecule has 0 saturated heterocycles. The van der Waals surface area contributed by atoms with E-state index in [9.17, 15) is 0 Å². The van der Waals surface area contributed by atoms with Gasteiger partial charge in [-0.3, -0.25) is 4.98 Å². The summed E-state index contributed by atoms with van der Waals surface area (Å²) in [5, 5.41) is 0. The van der Waals surface area contributed by atoms with Crippen LogP contribution in [-0.2, 0) is 0 Å². The van der Waals surface area contributed by atoms with Gasteiger partial charge >= 0.3 is 0 Å². The Morgan fingerprint density at radius 3 is 2.94 bits per heavy atom. The van der Waals surface area contributed by atoms with Crippen molar-refractivity contribution in [1.29, 1.82) is 0 Å². The van der Waals surface area contributed by atoms with E-state index in [1.807, 2.05) is 6.07 Å². The van der Waals surface area contributed by atoms with Gasteiger partial charge < -0.3 is 10.5 Å². The van der Waals surface area contributed by atoms with Crippen LogP contribution in [0.5, 0.6) is 5.75 Å². The van der Waals surface area contributed by atoms with Crippen LogP contribution in [0.2, 0.25) is 0 Å². The average molecular weight is 216 g/mol. The number of rotatable bonds is 2. The van der Waals surface area contributed by atoms with Crippen molar-refractivity contribution in [2.24, 2.45) is 5.73 Å². The normalized spacial score (nSPS) is 15.6. The second-order valence-corrected chi connectivity index (χ2v) is 3.94. The minimum Gasteiger partial charge on any atom is -0.489 e. The summed E-state index contributed by atoms with van der Waals surface area (Å²) >= 11 is 0. The van der Waals surface area contributed by atoms with Crippen molar-refractivity contribution in [3.63, 3.8) is 0 Å². The highest BCUT2D eigenvalue weighted by atomic mass is 16.5. The van der Waals surface area contributed by atoms with Crippen LogP contribution in [0.3, 0.4) is 0 Å². The van der Waals surface area contributed by atoms with E-state index in [0.29, 0.717) is 12.6 Å². The Bertz CT molecular complexity index is 400. The molecule has 1 aromatic heterocycles. The van der Waals surface area contributed by atoms with Crippen molar-refractivity contribution in [3.05, 3.63) is 24.0 Å². The average Bonchev–Trinajstić information content (AvgIpc) is 2.80. The molecular weight excluding hydrogens is 200 g/mol. The third kappa shape index (κ3) is 2.98. The van der Waals surface area contributed by atoms with Gasteiger partial charge in [-0.2, -0.15) is 0 Å². The summed E-state index contributed by atoms with van der Waals surface area (Å²) in [5.74, 6) is 6.58. The Morgan fingerprint density at radius 2 is 2.19 bits per heavy atom. The molecule has 1 aliphatic rings. The van der Waals surface area contributed by atoms with Gasteiger partial charge in [-0.1, -0.05) is 11.8 Å². The molecule has 2 N–H and O–H groups in total. The minimum atomic E-state index is 0.361. The molecule has 2 rings (SSSR count). The van der Waals surface area contributed by atoms with Crippen LogP contribution in [0, 0.1) is 11.8 Å². The smallest absolute Gasteiger partial charge is 0.139 e. The monoisotopic (exact) mass is 216 g/mol. The molecule has 0 amide bonds. The lowest BCUT2D eigenvalue weighted by atomic mass is 10.2. The van der Waals surface area contributed by atoms with Crippen molar-refractivity contribution in [3.8, 4) is 17.6 Å². The molecule has 0 radical (unpaired) electrons. The zero-order valence-corrected chi connectivity index (χ0v) is 9.28. The largest absolute Gasteiger partial charge is 0.489 e. The van der Waals surface area contributed by atoms with E-state index in [0.717, 1.165) is 24.2 Å². The molecule has 0 aromatic carbocycles. The van der Waals surface area contributed by atoms with E-state index in [1.165, 1.54) is 12.8 Å². The molecule has 1 aliphatic carbocycles. The Balaban J connectivity index is 2.03. The van der Waals surface area contributed by atoms with Crippen LogP contribution in [0.1, 0.15) is 31.2 Å². The summed E-state index contributed by atoms with van der Waals surface area (Å²) in [4.78, 5) is 4.11.